The second kappa shape index (κ2) is 9.23. The van der Waals surface area contributed by atoms with E-state index in [4.69, 9.17) is 0 Å². The number of anilines is 1. The molecule has 0 fully saturated rings. The molecule has 2 aliphatic rings. The van der Waals surface area contributed by atoms with E-state index in [9.17, 15) is 35.5 Å². The van der Waals surface area contributed by atoms with Crippen molar-refractivity contribution in [1.29, 1.82) is 0 Å². The van der Waals surface area contributed by atoms with Crippen LogP contribution in [0, 0.1) is 5.82 Å². The van der Waals surface area contributed by atoms with Crippen LogP contribution in [0.2, 0.25) is 0 Å². The highest BCUT2D eigenvalue weighted by atomic mass is 19.3. The fourth-order valence-electron chi connectivity index (χ4n) is 4.14. The van der Waals surface area contributed by atoms with E-state index in [-0.39, 0.29) is 18.0 Å². The molecule has 198 valence electrons. The van der Waals surface area contributed by atoms with E-state index in [1.807, 2.05) is 0 Å². The van der Waals surface area contributed by atoms with Gasteiger partial charge < -0.3 is 14.8 Å². The average Bonchev–Trinajstić information content (AvgIpc) is 3.36. The average molecular weight is 539 g/mol. The zero-order valence-electron chi connectivity index (χ0n) is 19.0. The van der Waals surface area contributed by atoms with Gasteiger partial charge in [-0.1, -0.05) is 12.1 Å². The number of rotatable bonds is 5. The molecule has 0 radical (unpaired) electrons. The van der Waals surface area contributed by atoms with Crippen LogP contribution in [0.25, 0.3) is 0 Å². The van der Waals surface area contributed by atoms with Crippen LogP contribution < -0.4 is 14.8 Å². The van der Waals surface area contributed by atoms with E-state index >= 15 is 0 Å². The molecule has 0 saturated carbocycles. The summed E-state index contributed by atoms with van der Waals surface area (Å²) in [5.41, 5.74) is 0.303. The number of urea groups is 1. The lowest BCUT2D eigenvalue weighted by Crippen LogP contribution is -2.36. The number of fused-ring (bicyclic) bond motifs is 1. The number of alkyl halides is 6. The molecule has 5 rings (SSSR count). The molecule has 6 nitrogen and oxygen atoms in total. The number of carbonyl (C=O) groups is 1. The Hall–Kier alpha value is -4.29. The maximum Gasteiger partial charge on any atom is 0.469 e. The molecule has 3 aromatic rings. The van der Waals surface area contributed by atoms with Crippen molar-refractivity contribution in [2.75, 3.05) is 11.9 Å². The van der Waals surface area contributed by atoms with Crippen LogP contribution in [-0.2, 0) is 5.92 Å². The fourth-order valence-corrected chi connectivity index (χ4v) is 4.14. The Balaban J connectivity index is 1.40. The van der Waals surface area contributed by atoms with Crippen molar-refractivity contribution in [3.63, 3.8) is 0 Å². The first-order valence-corrected chi connectivity index (χ1v) is 11.0. The van der Waals surface area contributed by atoms with Crippen LogP contribution in [0.3, 0.4) is 0 Å². The number of ether oxygens (including phenoxy) is 2. The molecule has 2 amide bonds. The third-order valence-corrected chi connectivity index (χ3v) is 5.97. The molecule has 0 bridgehead atoms. The quantitative estimate of drug-likeness (QED) is 0.375. The molecule has 38 heavy (non-hydrogen) atoms. The molecular formula is C25H16F7N3O3. The Labute approximate surface area is 210 Å². The fraction of sp³-hybridized carbons (Fsp3) is 0.200. The molecule has 1 N–H and O–H groups in total. The lowest BCUT2D eigenvalue weighted by Gasteiger charge is -2.16. The molecule has 0 saturated heterocycles. The van der Waals surface area contributed by atoms with E-state index < -0.39 is 47.7 Å². The molecule has 3 aromatic carbocycles. The first-order chi connectivity index (χ1) is 17.9. The van der Waals surface area contributed by atoms with Crippen molar-refractivity contribution < 1.29 is 45.0 Å². The van der Waals surface area contributed by atoms with E-state index in [1.54, 1.807) is 0 Å². The maximum absolute atomic E-state index is 13.8. The van der Waals surface area contributed by atoms with Crippen molar-refractivity contribution in [2.24, 2.45) is 5.10 Å². The minimum Gasteiger partial charge on any atom is -0.435 e. The van der Waals surface area contributed by atoms with Gasteiger partial charge >= 0.3 is 24.7 Å². The highest BCUT2D eigenvalue weighted by Crippen LogP contribution is 2.53. The first-order valence-electron chi connectivity index (χ1n) is 11.0. The van der Waals surface area contributed by atoms with Crippen molar-refractivity contribution >= 4 is 17.4 Å². The normalized spacial score (nSPS) is 19.1. The van der Waals surface area contributed by atoms with Gasteiger partial charge in [0.1, 0.15) is 17.3 Å². The second-order valence-electron chi connectivity index (χ2n) is 8.41. The molecule has 2 aliphatic heterocycles. The number of nitrogens with one attached hydrogen (secondary N) is 1. The summed E-state index contributed by atoms with van der Waals surface area (Å²) in [7, 11) is 0. The van der Waals surface area contributed by atoms with Crippen LogP contribution in [0.1, 0.15) is 22.6 Å². The van der Waals surface area contributed by atoms with Gasteiger partial charge in [-0.3, -0.25) is 0 Å². The highest BCUT2D eigenvalue weighted by Gasteiger charge is 2.66. The summed E-state index contributed by atoms with van der Waals surface area (Å²) in [5.74, 6) is -6.44. The van der Waals surface area contributed by atoms with E-state index in [2.05, 4.69) is 19.9 Å². The topological polar surface area (TPSA) is 63.2 Å². The largest absolute Gasteiger partial charge is 0.469 e. The number of hydrazone groups is 1. The smallest absolute Gasteiger partial charge is 0.435 e. The summed E-state index contributed by atoms with van der Waals surface area (Å²) in [6.45, 7) is -3.04. The minimum atomic E-state index is -4.73. The minimum absolute atomic E-state index is 0.0281. The molecule has 0 aliphatic carbocycles. The molecule has 13 heteroatoms. The van der Waals surface area contributed by atoms with E-state index in [1.165, 1.54) is 48.5 Å². The molecule has 2 heterocycles. The third-order valence-electron chi connectivity index (χ3n) is 5.97. The predicted octanol–water partition coefficient (Wildman–Crippen LogP) is 6.54. The molecule has 0 spiro atoms. The zero-order valence-corrected chi connectivity index (χ0v) is 19.0. The number of amides is 2. The first kappa shape index (κ1) is 25.4. The molecule has 0 aromatic heterocycles. The number of halogens is 7. The third kappa shape index (κ3) is 4.59. The van der Waals surface area contributed by atoms with Gasteiger partial charge in [0.2, 0.25) is 0 Å². The van der Waals surface area contributed by atoms with Crippen LogP contribution in [0.5, 0.6) is 11.5 Å². The number of hydrogen-bond acceptors (Lipinski definition) is 4. The monoisotopic (exact) mass is 539 g/mol. The van der Waals surface area contributed by atoms with Gasteiger partial charge in [-0.2, -0.15) is 31.4 Å². The number of benzene rings is 3. The van der Waals surface area contributed by atoms with Crippen LogP contribution >= 0.6 is 0 Å². The predicted molar refractivity (Wildman–Crippen MR) is 120 cm³/mol. The Morgan fingerprint density at radius 3 is 2.37 bits per heavy atom. The van der Waals surface area contributed by atoms with Crippen LogP contribution in [-0.4, -0.2) is 36.0 Å². The van der Waals surface area contributed by atoms with Crippen LogP contribution in [0.4, 0.5) is 41.2 Å². The SMILES string of the molecule is O=C(Nc1ccc2c(c1)OC(F)(F)C2(F)F)N1CC(c2ccc(F)cc2)C(c2ccc(OC(F)F)cc2)=N1. The maximum atomic E-state index is 13.8. The molecular weight excluding hydrogens is 523 g/mol. The van der Waals surface area contributed by atoms with Gasteiger partial charge in [-0.15, -0.1) is 0 Å². The van der Waals surface area contributed by atoms with Crippen molar-refractivity contribution in [3.05, 3.63) is 89.2 Å². The second-order valence-corrected chi connectivity index (χ2v) is 8.41. The number of nitrogens with zero attached hydrogens (tertiary/aromatic N) is 2. The van der Waals surface area contributed by atoms with Crippen LogP contribution in [0.15, 0.2) is 71.8 Å². The standard InChI is InChI=1S/C25H16F7N3O3/c26-15-5-1-13(2-6-15)18-12-35(34-21(18)14-3-8-17(9-4-14)37-22(27)28)23(36)33-16-7-10-19-20(11-16)38-25(31,32)24(19,29)30/h1-11,18,22H,12H2,(H,33,36). The molecule has 1 unspecified atom stereocenters. The Bertz CT molecular complexity index is 1400. The molecule has 1 atom stereocenters. The van der Waals surface area contributed by atoms with E-state index in [0.717, 1.165) is 23.2 Å². The highest BCUT2D eigenvalue weighted by molar-refractivity contribution is 6.08. The Kier molecular flexibility index (Phi) is 6.16. The van der Waals surface area contributed by atoms with Gasteiger partial charge in [-0.25, -0.2) is 14.2 Å². The van der Waals surface area contributed by atoms with E-state index in [0.29, 0.717) is 16.8 Å². The van der Waals surface area contributed by atoms with Gasteiger partial charge in [0.25, 0.3) is 0 Å². The summed E-state index contributed by atoms with van der Waals surface area (Å²) in [6, 6.07) is 12.8. The van der Waals surface area contributed by atoms with Crippen molar-refractivity contribution in [1.82, 2.24) is 5.01 Å². The summed E-state index contributed by atoms with van der Waals surface area (Å²) >= 11 is 0. The lowest BCUT2D eigenvalue weighted by molar-refractivity contribution is -0.296. The Morgan fingerprint density at radius 2 is 1.71 bits per heavy atom. The van der Waals surface area contributed by atoms with Crippen molar-refractivity contribution in [3.8, 4) is 11.5 Å². The number of hydrogen-bond donors (Lipinski definition) is 1. The summed E-state index contributed by atoms with van der Waals surface area (Å²) in [6.07, 6.45) is -4.73. The summed E-state index contributed by atoms with van der Waals surface area (Å²) in [4.78, 5) is 13.0. The zero-order chi connectivity index (χ0) is 27.2. The summed E-state index contributed by atoms with van der Waals surface area (Å²) in [5, 5.41) is 7.74. The van der Waals surface area contributed by atoms with Gasteiger partial charge in [0, 0.05) is 17.7 Å². The number of carbonyl (C=O) groups excluding carboxylic acids is 1. The van der Waals surface area contributed by atoms with Gasteiger partial charge in [-0.05, 0) is 59.7 Å². The van der Waals surface area contributed by atoms with Gasteiger partial charge in [0.05, 0.1) is 17.8 Å². The summed E-state index contributed by atoms with van der Waals surface area (Å²) < 4.78 is 102. The van der Waals surface area contributed by atoms with Gasteiger partial charge in [0.15, 0.2) is 0 Å². The van der Waals surface area contributed by atoms with Crippen molar-refractivity contribution in [2.45, 2.75) is 24.6 Å². The lowest BCUT2D eigenvalue weighted by atomic mass is 9.90. The Morgan fingerprint density at radius 1 is 1.03 bits per heavy atom.